The number of aryl methyl sites for hydroxylation is 2. The summed E-state index contributed by atoms with van der Waals surface area (Å²) in [5.41, 5.74) is 1.58. The molecule has 1 saturated carbocycles. The maximum Gasteiger partial charge on any atom is 0.269 e. The zero-order valence-electron chi connectivity index (χ0n) is 9.99. The molecule has 0 aliphatic heterocycles. The standard InChI is InChI=1S/C12H19N3O/c1-3-15-11(7-9(2)14-15)12(16)13-8-10-5-4-6-10/h7,10H,3-6,8H2,1-2H3,(H,13,16). The molecule has 1 aliphatic carbocycles. The molecule has 1 heterocycles. The monoisotopic (exact) mass is 221 g/mol. The second-order valence-corrected chi connectivity index (χ2v) is 4.49. The summed E-state index contributed by atoms with van der Waals surface area (Å²) >= 11 is 0. The van der Waals surface area contributed by atoms with Gasteiger partial charge in [0.05, 0.1) is 5.69 Å². The molecule has 0 atom stereocenters. The summed E-state index contributed by atoms with van der Waals surface area (Å²) in [4.78, 5) is 11.9. The summed E-state index contributed by atoms with van der Waals surface area (Å²) in [7, 11) is 0. The highest BCUT2D eigenvalue weighted by Crippen LogP contribution is 2.25. The predicted octanol–water partition coefficient (Wildman–Crippen LogP) is 1.74. The smallest absolute Gasteiger partial charge is 0.269 e. The second-order valence-electron chi connectivity index (χ2n) is 4.49. The van der Waals surface area contributed by atoms with Crippen molar-refractivity contribution in [3.63, 3.8) is 0 Å². The van der Waals surface area contributed by atoms with E-state index in [1.165, 1.54) is 19.3 Å². The van der Waals surface area contributed by atoms with E-state index in [4.69, 9.17) is 0 Å². The number of carbonyl (C=O) groups excluding carboxylic acids is 1. The lowest BCUT2D eigenvalue weighted by Gasteiger charge is -2.25. The van der Waals surface area contributed by atoms with E-state index in [2.05, 4.69) is 10.4 Å². The van der Waals surface area contributed by atoms with Crippen LogP contribution >= 0.6 is 0 Å². The number of nitrogens with one attached hydrogen (secondary N) is 1. The molecule has 1 fully saturated rings. The van der Waals surface area contributed by atoms with Crippen LogP contribution in [0, 0.1) is 12.8 Å². The van der Waals surface area contributed by atoms with E-state index in [-0.39, 0.29) is 5.91 Å². The van der Waals surface area contributed by atoms with E-state index in [0.29, 0.717) is 11.6 Å². The number of amides is 1. The fourth-order valence-electron chi connectivity index (χ4n) is 1.99. The van der Waals surface area contributed by atoms with Crippen molar-refractivity contribution >= 4 is 5.91 Å². The first kappa shape index (κ1) is 11.2. The second kappa shape index (κ2) is 4.68. The Labute approximate surface area is 96.0 Å². The summed E-state index contributed by atoms with van der Waals surface area (Å²) in [5.74, 6) is 0.706. The van der Waals surface area contributed by atoms with Crippen molar-refractivity contribution in [1.82, 2.24) is 15.1 Å². The van der Waals surface area contributed by atoms with E-state index in [0.717, 1.165) is 18.8 Å². The molecule has 1 aromatic rings. The molecule has 1 amide bonds. The summed E-state index contributed by atoms with van der Waals surface area (Å²) in [6, 6.07) is 1.85. The summed E-state index contributed by atoms with van der Waals surface area (Å²) < 4.78 is 1.76. The average molecular weight is 221 g/mol. The largest absolute Gasteiger partial charge is 0.350 e. The molecule has 0 radical (unpaired) electrons. The quantitative estimate of drug-likeness (QED) is 0.841. The Morgan fingerprint density at radius 3 is 2.94 bits per heavy atom. The van der Waals surface area contributed by atoms with Crippen LogP contribution < -0.4 is 5.32 Å². The van der Waals surface area contributed by atoms with Crippen LogP contribution in [-0.4, -0.2) is 22.2 Å². The van der Waals surface area contributed by atoms with E-state index in [1.807, 2.05) is 19.9 Å². The molecule has 4 nitrogen and oxygen atoms in total. The molecule has 0 unspecified atom stereocenters. The lowest BCUT2D eigenvalue weighted by atomic mass is 9.85. The van der Waals surface area contributed by atoms with Gasteiger partial charge in [-0.2, -0.15) is 5.10 Å². The van der Waals surface area contributed by atoms with Crippen molar-refractivity contribution in [2.45, 2.75) is 39.7 Å². The fraction of sp³-hybridized carbons (Fsp3) is 0.667. The number of carbonyl (C=O) groups is 1. The van der Waals surface area contributed by atoms with Gasteiger partial charge in [-0.15, -0.1) is 0 Å². The predicted molar refractivity (Wildman–Crippen MR) is 62.3 cm³/mol. The molecular formula is C12H19N3O. The molecule has 0 saturated heterocycles. The van der Waals surface area contributed by atoms with Gasteiger partial charge in [-0.3, -0.25) is 9.48 Å². The van der Waals surface area contributed by atoms with E-state index in [9.17, 15) is 4.79 Å². The van der Waals surface area contributed by atoms with Crippen LogP contribution in [-0.2, 0) is 6.54 Å². The Kier molecular flexibility index (Phi) is 3.27. The minimum atomic E-state index is 0.00866. The minimum absolute atomic E-state index is 0.00866. The lowest BCUT2D eigenvalue weighted by molar-refractivity contribution is 0.0928. The maximum atomic E-state index is 11.9. The third-order valence-corrected chi connectivity index (χ3v) is 3.21. The Hall–Kier alpha value is -1.32. The fourth-order valence-corrected chi connectivity index (χ4v) is 1.99. The minimum Gasteiger partial charge on any atom is -0.350 e. The zero-order valence-corrected chi connectivity index (χ0v) is 9.99. The molecule has 88 valence electrons. The SMILES string of the molecule is CCn1nc(C)cc1C(=O)NCC1CCC1. The van der Waals surface area contributed by atoms with Gasteiger partial charge in [0.1, 0.15) is 5.69 Å². The molecule has 0 spiro atoms. The molecule has 16 heavy (non-hydrogen) atoms. The highest BCUT2D eigenvalue weighted by molar-refractivity contribution is 5.92. The van der Waals surface area contributed by atoms with Gasteiger partial charge in [-0.1, -0.05) is 6.42 Å². The molecule has 1 aromatic heterocycles. The first-order valence-corrected chi connectivity index (χ1v) is 6.03. The summed E-state index contributed by atoms with van der Waals surface area (Å²) in [6.07, 6.45) is 3.82. The zero-order chi connectivity index (χ0) is 11.5. The Morgan fingerprint density at radius 1 is 1.62 bits per heavy atom. The van der Waals surface area contributed by atoms with Gasteiger partial charge in [0, 0.05) is 13.1 Å². The highest BCUT2D eigenvalue weighted by Gasteiger charge is 2.19. The van der Waals surface area contributed by atoms with Crippen molar-refractivity contribution in [2.75, 3.05) is 6.54 Å². The average Bonchev–Trinajstić information content (AvgIpc) is 2.57. The van der Waals surface area contributed by atoms with Crippen molar-refractivity contribution in [1.29, 1.82) is 0 Å². The van der Waals surface area contributed by atoms with Crippen LogP contribution in [0.5, 0.6) is 0 Å². The van der Waals surface area contributed by atoms with Crippen molar-refractivity contribution in [3.8, 4) is 0 Å². The summed E-state index contributed by atoms with van der Waals surface area (Å²) in [5, 5.41) is 7.26. The van der Waals surface area contributed by atoms with E-state index < -0.39 is 0 Å². The highest BCUT2D eigenvalue weighted by atomic mass is 16.2. The van der Waals surface area contributed by atoms with Gasteiger partial charge in [0.2, 0.25) is 0 Å². The van der Waals surface area contributed by atoms with Gasteiger partial charge in [0.25, 0.3) is 5.91 Å². The van der Waals surface area contributed by atoms with Crippen LogP contribution in [0.25, 0.3) is 0 Å². The Bertz CT molecular complexity index is 380. The third-order valence-electron chi connectivity index (χ3n) is 3.21. The molecule has 1 aliphatic rings. The third kappa shape index (κ3) is 2.26. The van der Waals surface area contributed by atoms with Crippen molar-refractivity contribution in [3.05, 3.63) is 17.5 Å². The summed E-state index contributed by atoms with van der Waals surface area (Å²) in [6.45, 7) is 5.46. The van der Waals surface area contributed by atoms with Gasteiger partial charge >= 0.3 is 0 Å². The van der Waals surface area contributed by atoms with Crippen LogP contribution in [0.1, 0.15) is 42.4 Å². The molecular weight excluding hydrogens is 202 g/mol. The van der Waals surface area contributed by atoms with Gasteiger partial charge < -0.3 is 5.32 Å². The maximum absolute atomic E-state index is 11.9. The normalized spacial score (nSPS) is 15.9. The molecule has 1 N–H and O–H groups in total. The van der Waals surface area contributed by atoms with Crippen molar-refractivity contribution in [2.24, 2.45) is 5.92 Å². The Balaban J connectivity index is 1.96. The molecule has 0 aromatic carbocycles. The van der Waals surface area contributed by atoms with Crippen LogP contribution in [0.2, 0.25) is 0 Å². The Morgan fingerprint density at radius 2 is 2.38 bits per heavy atom. The number of hydrogen-bond acceptors (Lipinski definition) is 2. The molecule has 0 bridgehead atoms. The number of aromatic nitrogens is 2. The first-order chi connectivity index (χ1) is 7.70. The van der Waals surface area contributed by atoms with Crippen LogP contribution in [0.15, 0.2) is 6.07 Å². The van der Waals surface area contributed by atoms with Crippen LogP contribution in [0.4, 0.5) is 0 Å². The van der Waals surface area contributed by atoms with Crippen LogP contribution in [0.3, 0.4) is 0 Å². The molecule has 4 heteroatoms. The molecule has 2 rings (SSSR count). The topological polar surface area (TPSA) is 46.9 Å². The van der Waals surface area contributed by atoms with Gasteiger partial charge in [0.15, 0.2) is 0 Å². The van der Waals surface area contributed by atoms with Gasteiger partial charge in [-0.05, 0) is 38.7 Å². The lowest BCUT2D eigenvalue weighted by Crippen LogP contribution is -2.33. The first-order valence-electron chi connectivity index (χ1n) is 6.03. The number of hydrogen-bond donors (Lipinski definition) is 1. The van der Waals surface area contributed by atoms with Crippen molar-refractivity contribution < 1.29 is 4.79 Å². The van der Waals surface area contributed by atoms with Gasteiger partial charge in [-0.25, -0.2) is 0 Å². The van der Waals surface area contributed by atoms with E-state index in [1.54, 1.807) is 4.68 Å². The number of rotatable bonds is 4. The number of nitrogens with zero attached hydrogens (tertiary/aromatic N) is 2. The van der Waals surface area contributed by atoms with E-state index >= 15 is 0 Å².